The van der Waals surface area contributed by atoms with Gasteiger partial charge in [0.2, 0.25) is 5.95 Å². The van der Waals surface area contributed by atoms with Crippen LogP contribution in [0.2, 0.25) is 0 Å². The van der Waals surface area contributed by atoms with Gasteiger partial charge in [-0.3, -0.25) is 4.79 Å². The Bertz CT molecular complexity index is 1130. The van der Waals surface area contributed by atoms with E-state index in [2.05, 4.69) is 26.0 Å². The van der Waals surface area contributed by atoms with Crippen LogP contribution in [0.15, 0.2) is 48.7 Å². The Morgan fingerprint density at radius 1 is 1.25 bits per heavy atom. The number of anilines is 5. The van der Waals surface area contributed by atoms with Crippen molar-refractivity contribution in [2.24, 2.45) is 0 Å². The first-order chi connectivity index (χ1) is 15.5. The highest BCUT2D eigenvalue weighted by atomic mass is 19.1. The summed E-state index contributed by atoms with van der Waals surface area (Å²) in [4.78, 5) is 19.8. The third-order valence-corrected chi connectivity index (χ3v) is 4.79. The Hall–Kier alpha value is -3.92. The first-order valence-electron chi connectivity index (χ1n) is 10.2. The van der Waals surface area contributed by atoms with Gasteiger partial charge in [0, 0.05) is 30.5 Å². The molecule has 0 amide bonds. The van der Waals surface area contributed by atoms with Crippen molar-refractivity contribution in [2.75, 3.05) is 28.8 Å². The van der Waals surface area contributed by atoms with Crippen LogP contribution in [0.3, 0.4) is 0 Å². The monoisotopic (exact) mass is 438 g/mol. The molecule has 0 saturated carbocycles. The summed E-state index contributed by atoms with van der Waals surface area (Å²) >= 11 is 0. The van der Waals surface area contributed by atoms with Gasteiger partial charge in [0.25, 0.3) is 0 Å². The molecule has 0 fully saturated rings. The van der Waals surface area contributed by atoms with Gasteiger partial charge in [0.05, 0.1) is 24.9 Å². The number of hydrogen-bond donors (Lipinski definition) is 4. The molecule has 0 atom stereocenters. The SMILES string of the molecule is CCOC(=O)CCN1NCc2ccc(Nc3nc(Nc4cccc(O)c4)ncc3F)cc21. The van der Waals surface area contributed by atoms with Crippen LogP contribution in [-0.4, -0.2) is 34.2 Å². The van der Waals surface area contributed by atoms with Gasteiger partial charge in [-0.25, -0.2) is 14.8 Å². The van der Waals surface area contributed by atoms with E-state index in [-0.39, 0.29) is 29.9 Å². The number of hydrogen-bond acceptors (Lipinski definition) is 9. The Morgan fingerprint density at radius 2 is 2.09 bits per heavy atom. The minimum Gasteiger partial charge on any atom is -0.508 e. The Morgan fingerprint density at radius 3 is 2.91 bits per heavy atom. The molecule has 2 aromatic carbocycles. The minimum absolute atomic E-state index is 0.00614. The van der Waals surface area contributed by atoms with Crippen LogP contribution in [0, 0.1) is 5.82 Å². The maximum absolute atomic E-state index is 14.4. The number of fused-ring (bicyclic) bond motifs is 1. The molecule has 2 heterocycles. The molecule has 0 spiro atoms. The Balaban J connectivity index is 1.48. The zero-order valence-corrected chi connectivity index (χ0v) is 17.4. The second kappa shape index (κ2) is 9.48. The van der Waals surface area contributed by atoms with Crippen molar-refractivity contribution in [3.63, 3.8) is 0 Å². The molecule has 166 valence electrons. The zero-order valence-electron chi connectivity index (χ0n) is 17.4. The lowest BCUT2D eigenvalue weighted by Gasteiger charge is -2.19. The van der Waals surface area contributed by atoms with Gasteiger partial charge in [-0.05, 0) is 36.8 Å². The highest BCUT2D eigenvalue weighted by Gasteiger charge is 2.20. The highest BCUT2D eigenvalue weighted by molar-refractivity contribution is 5.72. The van der Waals surface area contributed by atoms with Crippen LogP contribution in [0.5, 0.6) is 5.75 Å². The van der Waals surface area contributed by atoms with Crippen molar-refractivity contribution in [3.8, 4) is 5.75 Å². The summed E-state index contributed by atoms with van der Waals surface area (Å²) in [7, 11) is 0. The largest absolute Gasteiger partial charge is 0.508 e. The van der Waals surface area contributed by atoms with Crippen molar-refractivity contribution in [3.05, 3.63) is 60.0 Å². The predicted octanol–water partition coefficient (Wildman–Crippen LogP) is 3.59. The highest BCUT2D eigenvalue weighted by Crippen LogP contribution is 2.30. The number of hydrazine groups is 1. The molecule has 4 rings (SSSR count). The van der Waals surface area contributed by atoms with Gasteiger partial charge in [-0.15, -0.1) is 0 Å². The molecule has 1 aliphatic rings. The first-order valence-corrected chi connectivity index (χ1v) is 10.2. The van der Waals surface area contributed by atoms with Gasteiger partial charge in [0.1, 0.15) is 5.75 Å². The summed E-state index contributed by atoms with van der Waals surface area (Å²) in [6, 6.07) is 12.1. The predicted molar refractivity (Wildman–Crippen MR) is 119 cm³/mol. The van der Waals surface area contributed by atoms with Crippen LogP contribution >= 0.6 is 0 Å². The number of aromatic hydroxyl groups is 1. The van der Waals surface area contributed by atoms with Crippen molar-refractivity contribution in [2.45, 2.75) is 19.9 Å². The van der Waals surface area contributed by atoms with E-state index in [1.807, 2.05) is 23.2 Å². The number of carbonyl (C=O) groups excluding carboxylic acids is 1. The van der Waals surface area contributed by atoms with E-state index in [1.54, 1.807) is 25.1 Å². The number of benzene rings is 2. The zero-order chi connectivity index (χ0) is 22.5. The summed E-state index contributed by atoms with van der Waals surface area (Å²) in [6.07, 6.45) is 1.32. The summed E-state index contributed by atoms with van der Waals surface area (Å²) < 4.78 is 19.3. The molecule has 4 N–H and O–H groups in total. The Labute approximate surface area is 184 Å². The third-order valence-electron chi connectivity index (χ3n) is 4.79. The van der Waals surface area contributed by atoms with Crippen LogP contribution in [0.25, 0.3) is 0 Å². The topological polar surface area (TPSA) is 112 Å². The van der Waals surface area contributed by atoms with Gasteiger partial charge < -0.3 is 25.5 Å². The van der Waals surface area contributed by atoms with Gasteiger partial charge in [-0.1, -0.05) is 12.1 Å². The molecule has 0 saturated heterocycles. The number of esters is 1. The molecular weight excluding hydrogens is 415 g/mol. The second-order valence-corrected chi connectivity index (χ2v) is 7.08. The number of carbonyl (C=O) groups is 1. The number of nitrogens with zero attached hydrogens (tertiary/aromatic N) is 3. The number of halogens is 1. The van der Waals surface area contributed by atoms with Crippen LogP contribution in [0.4, 0.5) is 33.2 Å². The van der Waals surface area contributed by atoms with E-state index in [4.69, 9.17) is 4.74 Å². The molecule has 0 aliphatic carbocycles. The fourth-order valence-corrected chi connectivity index (χ4v) is 3.31. The van der Waals surface area contributed by atoms with Crippen molar-refractivity contribution < 1.29 is 19.0 Å². The summed E-state index contributed by atoms with van der Waals surface area (Å²) in [5.74, 6) is -0.587. The quantitative estimate of drug-likeness (QED) is 0.392. The second-order valence-electron chi connectivity index (χ2n) is 7.08. The van der Waals surface area contributed by atoms with Gasteiger partial charge in [-0.2, -0.15) is 4.98 Å². The molecule has 10 heteroatoms. The first kappa shape index (κ1) is 21.3. The minimum atomic E-state index is -0.607. The summed E-state index contributed by atoms with van der Waals surface area (Å²) in [5.41, 5.74) is 6.40. The van der Waals surface area contributed by atoms with Crippen LogP contribution in [0.1, 0.15) is 18.9 Å². The Kier molecular flexibility index (Phi) is 6.31. The van der Waals surface area contributed by atoms with E-state index in [9.17, 15) is 14.3 Å². The van der Waals surface area contributed by atoms with E-state index >= 15 is 0 Å². The molecule has 3 aromatic rings. The molecular formula is C22H23FN6O3. The molecule has 0 radical (unpaired) electrons. The number of rotatable bonds is 8. The molecule has 1 aliphatic heterocycles. The molecule has 9 nitrogen and oxygen atoms in total. The number of ether oxygens (including phenoxy) is 1. The maximum atomic E-state index is 14.4. The van der Waals surface area contributed by atoms with Crippen LogP contribution < -0.4 is 21.1 Å². The van der Waals surface area contributed by atoms with E-state index < -0.39 is 5.82 Å². The van der Waals surface area contributed by atoms with E-state index in [0.29, 0.717) is 31.1 Å². The lowest BCUT2D eigenvalue weighted by Crippen LogP contribution is -2.34. The van der Waals surface area contributed by atoms with Crippen molar-refractivity contribution >= 4 is 34.8 Å². The van der Waals surface area contributed by atoms with E-state index in [0.717, 1.165) is 17.4 Å². The fraction of sp³-hybridized carbons (Fsp3) is 0.227. The molecule has 0 unspecified atom stereocenters. The summed E-state index contributed by atoms with van der Waals surface area (Å²) in [5, 5.41) is 17.4. The lowest BCUT2D eigenvalue weighted by atomic mass is 10.1. The number of phenolic OH excluding ortho intramolecular Hbond substituents is 1. The number of aromatic nitrogens is 2. The van der Waals surface area contributed by atoms with Crippen LogP contribution in [-0.2, 0) is 16.1 Å². The van der Waals surface area contributed by atoms with Gasteiger partial charge >= 0.3 is 5.97 Å². The number of phenols is 1. The smallest absolute Gasteiger partial charge is 0.307 e. The van der Waals surface area contributed by atoms with E-state index in [1.165, 1.54) is 6.07 Å². The van der Waals surface area contributed by atoms with Gasteiger partial charge in [0.15, 0.2) is 11.6 Å². The molecule has 0 bridgehead atoms. The summed E-state index contributed by atoms with van der Waals surface area (Å²) in [6.45, 7) is 3.22. The molecule has 1 aromatic heterocycles. The maximum Gasteiger partial charge on any atom is 0.307 e. The van der Waals surface area contributed by atoms with Crippen molar-refractivity contribution in [1.29, 1.82) is 0 Å². The normalized spacial score (nSPS) is 12.4. The fourth-order valence-electron chi connectivity index (χ4n) is 3.31. The molecule has 32 heavy (non-hydrogen) atoms. The lowest BCUT2D eigenvalue weighted by molar-refractivity contribution is -0.142. The number of nitrogens with one attached hydrogen (secondary N) is 3. The van der Waals surface area contributed by atoms with Crippen molar-refractivity contribution in [1.82, 2.24) is 15.4 Å². The standard InChI is InChI=1S/C22H23FN6O3/c1-2-32-20(31)8-9-29-19-11-16(7-6-14(19)12-25-29)26-21-18(23)13-24-22(28-21)27-15-4-3-5-17(30)10-15/h3-7,10-11,13,25,30H,2,8-9,12H2,1H3,(H2,24,26,27,28). The average Bonchev–Trinajstić information content (AvgIpc) is 3.17. The third kappa shape index (κ3) is 5.03. The average molecular weight is 438 g/mol.